The number of carbonyl (C=O) groups excluding carboxylic acids is 1. The maximum Gasteiger partial charge on any atom is 0.274 e. The fourth-order valence-corrected chi connectivity index (χ4v) is 6.55. The van der Waals surface area contributed by atoms with Crippen molar-refractivity contribution in [3.63, 3.8) is 0 Å². The number of hydrogen-bond acceptors (Lipinski definition) is 7. The van der Waals surface area contributed by atoms with Crippen LogP contribution < -0.4 is 16.2 Å². The van der Waals surface area contributed by atoms with E-state index < -0.39 is 23.2 Å². The number of thiophene rings is 1. The fourth-order valence-electron chi connectivity index (χ4n) is 5.40. The average Bonchev–Trinajstić information content (AvgIpc) is 3.44. The molecule has 0 aliphatic carbocycles. The van der Waals surface area contributed by atoms with Gasteiger partial charge in [-0.2, -0.15) is 5.10 Å². The van der Waals surface area contributed by atoms with Crippen LogP contribution >= 0.6 is 11.3 Å². The van der Waals surface area contributed by atoms with Gasteiger partial charge in [0.2, 0.25) is 0 Å². The van der Waals surface area contributed by atoms with Gasteiger partial charge < -0.3 is 20.1 Å². The van der Waals surface area contributed by atoms with Crippen molar-refractivity contribution in [2.75, 3.05) is 30.8 Å². The Bertz CT molecular complexity index is 1690. The number of hydrogen-bond donors (Lipinski definition) is 2. The summed E-state index contributed by atoms with van der Waals surface area (Å²) in [5.41, 5.74) is 1.57. The second kappa shape index (κ2) is 12.7. The molecule has 1 aliphatic rings. The Morgan fingerprint density at radius 1 is 1.09 bits per heavy atom. The molecule has 0 atom stereocenters. The minimum absolute atomic E-state index is 0.0299. The third-order valence-electron chi connectivity index (χ3n) is 7.92. The molecule has 8 nitrogen and oxygen atoms in total. The second-order valence-electron chi connectivity index (χ2n) is 11.3. The van der Waals surface area contributed by atoms with Gasteiger partial charge in [-0.25, -0.2) is 8.78 Å². The molecule has 0 saturated carbocycles. The predicted molar refractivity (Wildman–Crippen MR) is 168 cm³/mol. The summed E-state index contributed by atoms with van der Waals surface area (Å²) in [6.45, 7) is 8.11. The highest BCUT2D eigenvalue weighted by Crippen LogP contribution is 2.33. The number of nitrogens with zero attached hydrogens (tertiary/aromatic N) is 4. The Hall–Kier alpha value is -3.96. The van der Waals surface area contributed by atoms with Gasteiger partial charge in [0, 0.05) is 35.2 Å². The van der Waals surface area contributed by atoms with Crippen LogP contribution in [0, 0.1) is 11.6 Å². The predicted octanol–water partition coefficient (Wildman–Crippen LogP) is 6.67. The lowest BCUT2D eigenvalue weighted by molar-refractivity contribution is 0.102. The first-order valence-corrected chi connectivity index (χ1v) is 15.3. The standard InChI is InChI=1S/C32H36F2N6O2S/c1-6-26-22(18(2)3)16-27(43-26)31(41)36-30-23(33)8-7-21(29(30)34)20-15-25(32(42)40(5)17-20)35-28-10-9-24(37-38-28)19-11-13-39(4)14-12-19/h7-10,15-19H,6,11-14H2,1-5H3,(H,35,38)(H,36,41). The van der Waals surface area contributed by atoms with Crippen molar-refractivity contribution in [1.29, 1.82) is 0 Å². The van der Waals surface area contributed by atoms with E-state index in [1.165, 1.54) is 34.2 Å². The minimum Gasteiger partial charge on any atom is -0.334 e. The number of rotatable bonds is 8. The number of nitrogens with one attached hydrogen (secondary N) is 2. The van der Waals surface area contributed by atoms with E-state index >= 15 is 4.39 Å². The number of anilines is 3. The van der Waals surface area contributed by atoms with Crippen LogP contribution in [0.4, 0.5) is 26.0 Å². The molecule has 11 heteroatoms. The van der Waals surface area contributed by atoms with E-state index in [9.17, 15) is 14.0 Å². The van der Waals surface area contributed by atoms with Crippen LogP contribution in [0.2, 0.25) is 0 Å². The summed E-state index contributed by atoms with van der Waals surface area (Å²) in [7, 11) is 3.65. The van der Waals surface area contributed by atoms with E-state index in [-0.39, 0.29) is 22.7 Å². The van der Waals surface area contributed by atoms with Gasteiger partial charge in [0.1, 0.15) is 17.2 Å². The van der Waals surface area contributed by atoms with Crippen molar-refractivity contribution in [2.45, 2.75) is 51.9 Å². The number of likely N-dealkylation sites (tertiary alicyclic amines) is 1. The molecule has 0 bridgehead atoms. The van der Waals surface area contributed by atoms with Crippen molar-refractivity contribution in [1.82, 2.24) is 19.7 Å². The zero-order chi connectivity index (χ0) is 30.8. The number of pyridine rings is 1. The normalized spacial score (nSPS) is 14.3. The number of piperidine rings is 1. The maximum atomic E-state index is 15.8. The highest BCUT2D eigenvalue weighted by atomic mass is 32.1. The van der Waals surface area contributed by atoms with Crippen LogP contribution in [0.15, 0.2) is 47.4 Å². The number of aryl methyl sites for hydroxylation is 2. The van der Waals surface area contributed by atoms with Crippen molar-refractivity contribution >= 4 is 34.4 Å². The first-order chi connectivity index (χ1) is 20.5. The lowest BCUT2D eigenvalue weighted by Gasteiger charge is -2.28. The summed E-state index contributed by atoms with van der Waals surface area (Å²) in [6, 6.07) is 9.35. The quantitative estimate of drug-likeness (QED) is 0.233. The van der Waals surface area contributed by atoms with Crippen LogP contribution in [-0.4, -0.2) is 45.7 Å². The van der Waals surface area contributed by atoms with E-state index in [2.05, 4.69) is 32.8 Å². The number of halogens is 2. The van der Waals surface area contributed by atoms with Crippen molar-refractivity contribution in [3.8, 4) is 11.1 Å². The molecule has 3 aromatic heterocycles. The van der Waals surface area contributed by atoms with Gasteiger partial charge in [-0.05, 0) is 87.3 Å². The van der Waals surface area contributed by atoms with Gasteiger partial charge in [-0.1, -0.05) is 20.8 Å². The molecule has 0 spiro atoms. The molecule has 4 aromatic rings. The molecule has 0 radical (unpaired) electrons. The summed E-state index contributed by atoms with van der Waals surface area (Å²) in [5.74, 6) is -1.46. The summed E-state index contributed by atoms with van der Waals surface area (Å²) in [6.07, 6.45) is 4.25. The van der Waals surface area contributed by atoms with Crippen LogP contribution in [0.5, 0.6) is 0 Å². The topological polar surface area (TPSA) is 92.2 Å². The lowest BCUT2D eigenvalue weighted by Crippen LogP contribution is -2.29. The minimum atomic E-state index is -0.934. The zero-order valence-electron chi connectivity index (χ0n) is 25.0. The average molecular weight is 607 g/mol. The van der Waals surface area contributed by atoms with E-state index in [1.54, 1.807) is 19.2 Å². The summed E-state index contributed by atoms with van der Waals surface area (Å²) in [5, 5.41) is 14.1. The van der Waals surface area contributed by atoms with E-state index in [0.29, 0.717) is 22.2 Å². The monoisotopic (exact) mass is 606 g/mol. The van der Waals surface area contributed by atoms with Crippen LogP contribution in [-0.2, 0) is 13.5 Å². The molecule has 226 valence electrons. The first-order valence-electron chi connectivity index (χ1n) is 14.5. The molecule has 1 saturated heterocycles. The molecule has 1 amide bonds. The zero-order valence-corrected chi connectivity index (χ0v) is 25.8. The Balaban J connectivity index is 1.40. The summed E-state index contributed by atoms with van der Waals surface area (Å²) < 4.78 is 32.0. The van der Waals surface area contributed by atoms with Gasteiger partial charge in [0.25, 0.3) is 11.5 Å². The Kier molecular flexibility index (Phi) is 9.03. The SMILES string of the molecule is CCc1sc(C(=O)Nc2c(F)ccc(-c3cc(Nc4ccc(C5CCN(C)CC5)nn4)c(=O)n(C)c3)c2F)cc1C(C)C. The van der Waals surface area contributed by atoms with E-state index in [4.69, 9.17) is 0 Å². The van der Waals surface area contributed by atoms with Crippen molar-refractivity contribution < 1.29 is 13.6 Å². The number of amides is 1. The number of benzene rings is 1. The fraction of sp³-hybridized carbons (Fsp3) is 0.375. The third-order valence-corrected chi connectivity index (χ3v) is 9.21. The molecule has 2 N–H and O–H groups in total. The molecule has 43 heavy (non-hydrogen) atoms. The molecule has 1 fully saturated rings. The Labute approximate surface area is 253 Å². The van der Waals surface area contributed by atoms with Gasteiger partial charge in [0.05, 0.1) is 10.6 Å². The number of carbonyl (C=O) groups is 1. The Morgan fingerprint density at radius 3 is 2.47 bits per heavy atom. The molecular formula is C32H36F2N6O2S. The van der Waals surface area contributed by atoms with Crippen LogP contribution in [0.3, 0.4) is 0 Å². The molecule has 0 unspecified atom stereocenters. The van der Waals surface area contributed by atoms with Crippen LogP contribution in [0.25, 0.3) is 11.1 Å². The summed E-state index contributed by atoms with van der Waals surface area (Å²) >= 11 is 1.33. The van der Waals surface area contributed by atoms with Gasteiger partial charge in [0.15, 0.2) is 11.6 Å². The van der Waals surface area contributed by atoms with Crippen LogP contribution in [0.1, 0.15) is 71.3 Å². The van der Waals surface area contributed by atoms with Crippen molar-refractivity contribution in [2.24, 2.45) is 7.05 Å². The largest absolute Gasteiger partial charge is 0.334 e. The molecule has 5 rings (SSSR count). The highest BCUT2D eigenvalue weighted by molar-refractivity contribution is 7.14. The van der Waals surface area contributed by atoms with Gasteiger partial charge in [-0.3, -0.25) is 9.59 Å². The lowest BCUT2D eigenvalue weighted by atomic mass is 9.94. The van der Waals surface area contributed by atoms with E-state index in [1.807, 2.05) is 26.8 Å². The summed E-state index contributed by atoms with van der Waals surface area (Å²) in [4.78, 5) is 29.8. The molecule has 1 aliphatic heterocycles. The Morgan fingerprint density at radius 2 is 1.84 bits per heavy atom. The highest BCUT2D eigenvalue weighted by Gasteiger charge is 2.23. The van der Waals surface area contributed by atoms with E-state index in [0.717, 1.165) is 54.6 Å². The maximum absolute atomic E-state index is 15.8. The molecule has 1 aromatic carbocycles. The molecule has 4 heterocycles. The van der Waals surface area contributed by atoms with Gasteiger partial charge >= 0.3 is 0 Å². The van der Waals surface area contributed by atoms with Gasteiger partial charge in [-0.15, -0.1) is 16.4 Å². The third kappa shape index (κ3) is 6.52. The first kappa shape index (κ1) is 30.5. The smallest absolute Gasteiger partial charge is 0.274 e. The molecular weight excluding hydrogens is 570 g/mol. The van der Waals surface area contributed by atoms with Crippen molar-refractivity contribution in [3.05, 3.63) is 85.6 Å². The second-order valence-corrected chi connectivity index (χ2v) is 12.5. The number of aromatic nitrogens is 3.